The Hall–Kier alpha value is -1.29. The molecule has 0 atom stereocenters. The van der Waals surface area contributed by atoms with Crippen molar-refractivity contribution in [2.24, 2.45) is 0 Å². The van der Waals surface area contributed by atoms with Gasteiger partial charge in [-0.05, 0) is 38.1 Å². The Morgan fingerprint density at radius 1 is 1.28 bits per heavy atom. The van der Waals surface area contributed by atoms with E-state index in [9.17, 15) is 13.6 Å². The molecule has 0 radical (unpaired) electrons. The summed E-state index contributed by atoms with van der Waals surface area (Å²) in [5.74, 6) is -2.05. The highest BCUT2D eigenvalue weighted by Crippen LogP contribution is 2.22. The lowest BCUT2D eigenvalue weighted by molar-refractivity contribution is 0.0920. The van der Waals surface area contributed by atoms with Crippen LogP contribution < -0.4 is 0 Å². The number of carbonyl (C=O) groups is 1. The Labute approximate surface area is 106 Å². The quantitative estimate of drug-likeness (QED) is 0.769. The number of nitrogens with zero attached hydrogens (tertiary/aromatic N) is 1. The van der Waals surface area contributed by atoms with Crippen molar-refractivity contribution in [1.82, 2.24) is 4.90 Å². The predicted octanol–water partition coefficient (Wildman–Crippen LogP) is 3.02. The van der Waals surface area contributed by atoms with E-state index in [1.165, 1.54) is 18.9 Å². The third-order valence-electron chi connectivity index (χ3n) is 3.58. The van der Waals surface area contributed by atoms with E-state index >= 15 is 0 Å². The van der Waals surface area contributed by atoms with E-state index in [0.717, 1.165) is 25.0 Å². The van der Waals surface area contributed by atoms with Gasteiger partial charge in [0.1, 0.15) is 0 Å². The van der Waals surface area contributed by atoms with Gasteiger partial charge in [0.05, 0.1) is 6.54 Å². The highest BCUT2D eigenvalue weighted by atomic mass is 19.2. The molecule has 18 heavy (non-hydrogen) atoms. The lowest BCUT2D eigenvalue weighted by Gasteiger charge is -2.23. The van der Waals surface area contributed by atoms with Crippen molar-refractivity contribution in [3.8, 4) is 0 Å². The fraction of sp³-hybridized carbons (Fsp3) is 0.500. The maximum absolute atomic E-state index is 13.0. The van der Waals surface area contributed by atoms with Crippen molar-refractivity contribution in [3.05, 3.63) is 35.4 Å². The number of carbonyl (C=O) groups excluding carboxylic acids is 1. The minimum absolute atomic E-state index is 0.164. The van der Waals surface area contributed by atoms with Gasteiger partial charge in [-0.25, -0.2) is 8.78 Å². The van der Waals surface area contributed by atoms with E-state index in [1.54, 1.807) is 0 Å². The molecule has 0 N–H and O–H groups in total. The molecular formula is C14H17F2NO. The second-order valence-corrected chi connectivity index (χ2v) is 4.91. The third kappa shape index (κ3) is 2.93. The van der Waals surface area contributed by atoms with Crippen molar-refractivity contribution in [3.63, 3.8) is 0 Å². The molecule has 2 nitrogen and oxygen atoms in total. The molecule has 1 fully saturated rings. The molecule has 0 spiro atoms. The Bertz CT molecular complexity index is 441. The zero-order chi connectivity index (χ0) is 13.1. The van der Waals surface area contributed by atoms with Gasteiger partial charge in [-0.3, -0.25) is 9.69 Å². The van der Waals surface area contributed by atoms with Crippen LogP contribution in [0.4, 0.5) is 8.78 Å². The number of ketones is 1. The molecule has 98 valence electrons. The van der Waals surface area contributed by atoms with Gasteiger partial charge in [0, 0.05) is 11.6 Å². The van der Waals surface area contributed by atoms with E-state index in [-0.39, 0.29) is 17.9 Å². The number of halogens is 2. The molecule has 0 saturated heterocycles. The monoisotopic (exact) mass is 253 g/mol. The number of benzene rings is 1. The summed E-state index contributed by atoms with van der Waals surface area (Å²) in [7, 11) is 1.91. The maximum atomic E-state index is 13.0. The highest BCUT2D eigenvalue weighted by Gasteiger charge is 2.21. The van der Waals surface area contributed by atoms with Gasteiger partial charge in [-0.15, -0.1) is 0 Å². The zero-order valence-corrected chi connectivity index (χ0v) is 10.5. The van der Waals surface area contributed by atoms with Gasteiger partial charge in [0.2, 0.25) is 0 Å². The summed E-state index contributed by atoms with van der Waals surface area (Å²) < 4.78 is 25.8. The highest BCUT2D eigenvalue weighted by molar-refractivity contribution is 5.97. The Balaban J connectivity index is 2.00. The molecule has 1 aliphatic carbocycles. The normalized spacial score (nSPS) is 16.4. The van der Waals surface area contributed by atoms with Gasteiger partial charge in [0.25, 0.3) is 0 Å². The van der Waals surface area contributed by atoms with Gasteiger partial charge >= 0.3 is 0 Å². The minimum atomic E-state index is -0.968. The molecular weight excluding hydrogens is 236 g/mol. The summed E-state index contributed by atoms with van der Waals surface area (Å²) in [5, 5.41) is 0. The molecule has 0 heterocycles. The standard InChI is InChI=1S/C14H17F2NO/c1-17(11-4-2-3-5-11)9-14(18)10-6-7-12(15)13(16)8-10/h6-8,11H,2-5,9H2,1H3. The van der Waals surface area contributed by atoms with Crippen LogP contribution in [-0.2, 0) is 0 Å². The van der Waals surface area contributed by atoms with Crippen molar-refractivity contribution in [1.29, 1.82) is 0 Å². The molecule has 0 unspecified atom stereocenters. The molecule has 1 saturated carbocycles. The van der Waals surface area contributed by atoms with Crippen LogP contribution in [0.2, 0.25) is 0 Å². The van der Waals surface area contributed by atoms with E-state index in [2.05, 4.69) is 0 Å². The summed E-state index contributed by atoms with van der Waals surface area (Å²) in [6.45, 7) is 0.260. The fourth-order valence-electron chi connectivity index (χ4n) is 2.46. The largest absolute Gasteiger partial charge is 0.296 e. The summed E-state index contributed by atoms with van der Waals surface area (Å²) in [6, 6.07) is 3.75. The van der Waals surface area contributed by atoms with Crippen LogP contribution in [0.25, 0.3) is 0 Å². The second kappa shape index (κ2) is 5.57. The van der Waals surface area contributed by atoms with Crippen LogP contribution in [-0.4, -0.2) is 30.3 Å². The van der Waals surface area contributed by atoms with Crippen molar-refractivity contribution >= 4 is 5.78 Å². The Kier molecular flexibility index (Phi) is 4.07. The minimum Gasteiger partial charge on any atom is -0.296 e. The first kappa shape index (κ1) is 13.1. The number of Topliss-reactive ketones (excluding diaryl/α,β-unsaturated/α-hetero) is 1. The smallest absolute Gasteiger partial charge is 0.176 e. The van der Waals surface area contributed by atoms with Crippen LogP contribution >= 0.6 is 0 Å². The van der Waals surface area contributed by atoms with Crippen molar-refractivity contribution in [2.45, 2.75) is 31.7 Å². The molecule has 0 bridgehead atoms. The number of hydrogen-bond donors (Lipinski definition) is 0. The van der Waals surface area contributed by atoms with E-state index in [1.807, 2.05) is 11.9 Å². The SMILES string of the molecule is CN(CC(=O)c1ccc(F)c(F)c1)C1CCCC1. The van der Waals surface area contributed by atoms with Crippen molar-refractivity contribution in [2.75, 3.05) is 13.6 Å². The maximum Gasteiger partial charge on any atom is 0.176 e. The topological polar surface area (TPSA) is 20.3 Å². The number of rotatable bonds is 4. The third-order valence-corrected chi connectivity index (χ3v) is 3.58. The molecule has 4 heteroatoms. The first-order valence-corrected chi connectivity index (χ1v) is 6.26. The summed E-state index contributed by atoms with van der Waals surface area (Å²) in [5.41, 5.74) is 0.235. The van der Waals surface area contributed by atoms with Crippen molar-refractivity contribution < 1.29 is 13.6 Å². The van der Waals surface area contributed by atoms with Crippen LogP contribution in [0.15, 0.2) is 18.2 Å². The zero-order valence-electron chi connectivity index (χ0n) is 10.5. The Morgan fingerprint density at radius 3 is 2.56 bits per heavy atom. The average molecular weight is 253 g/mol. The van der Waals surface area contributed by atoms with E-state index < -0.39 is 11.6 Å². The molecule has 0 aromatic heterocycles. The van der Waals surface area contributed by atoms with Gasteiger partial charge in [-0.2, -0.15) is 0 Å². The number of hydrogen-bond acceptors (Lipinski definition) is 2. The molecule has 2 rings (SSSR count). The molecule has 0 aliphatic heterocycles. The van der Waals surface area contributed by atoms with Crippen LogP contribution in [0, 0.1) is 11.6 Å². The molecule has 1 aromatic carbocycles. The first-order chi connectivity index (χ1) is 8.58. The fourth-order valence-corrected chi connectivity index (χ4v) is 2.46. The molecule has 0 amide bonds. The van der Waals surface area contributed by atoms with Crippen LogP contribution in [0.3, 0.4) is 0 Å². The summed E-state index contributed by atoms with van der Waals surface area (Å²) in [4.78, 5) is 14.0. The van der Waals surface area contributed by atoms with Gasteiger partial charge < -0.3 is 0 Å². The van der Waals surface area contributed by atoms with Gasteiger partial charge in [-0.1, -0.05) is 12.8 Å². The van der Waals surface area contributed by atoms with Crippen LogP contribution in [0.5, 0.6) is 0 Å². The molecule has 1 aromatic rings. The Morgan fingerprint density at radius 2 is 1.94 bits per heavy atom. The van der Waals surface area contributed by atoms with Crippen LogP contribution in [0.1, 0.15) is 36.0 Å². The number of likely N-dealkylation sites (N-methyl/N-ethyl adjacent to an activating group) is 1. The first-order valence-electron chi connectivity index (χ1n) is 6.26. The average Bonchev–Trinajstić information content (AvgIpc) is 2.86. The lowest BCUT2D eigenvalue weighted by Crippen LogP contribution is -2.34. The summed E-state index contributed by atoms with van der Waals surface area (Å²) >= 11 is 0. The second-order valence-electron chi connectivity index (χ2n) is 4.91. The van der Waals surface area contributed by atoms with E-state index in [4.69, 9.17) is 0 Å². The summed E-state index contributed by atoms with van der Waals surface area (Å²) in [6.07, 6.45) is 4.63. The lowest BCUT2D eigenvalue weighted by atomic mass is 10.1. The predicted molar refractivity (Wildman–Crippen MR) is 65.6 cm³/mol. The van der Waals surface area contributed by atoms with Gasteiger partial charge in [0.15, 0.2) is 17.4 Å². The van der Waals surface area contributed by atoms with E-state index in [0.29, 0.717) is 6.04 Å². The molecule has 1 aliphatic rings.